The average Bonchev–Trinajstić information content (AvgIpc) is 2.38. The van der Waals surface area contributed by atoms with Crippen LogP contribution in [0.25, 0.3) is 0 Å². The highest BCUT2D eigenvalue weighted by molar-refractivity contribution is 9.10. The Bertz CT molecular complexity index is 523. The topological polar surface area (TPSA) is 37.3 Å². The summed E-state index contributed by atoms with van der Waals surface area (Å²) in [5, 5.41) is 10.2. The molecule has 0 aliphatic carbocycles. The van der Waals surface area contributed by atoms with Crippen LogP contribution in [-0.2, 0) is 0 Å². The standard InChI is InChI=1S/C14H11BrO2/c15-13-7-10(9-16)6-12(8-13)14(17)11-4-2-1-3-5-11/h1-9,14,17H. The van der Waals surface area contributed by atoms with Gasteiger partial charge in [-0.3, -0.25) is 4.79 Å². The highest BCUT2D eigenvalue weighted by Crippen LogP contribution is 2.25. The van der Waals surface area contributed by atoms with Gasteiger partial charge >= 0.3 is 0 Å². The molecule has 0 radical (unpaired) electrons. The Labute approximate surface area is 108 Å². The van der Waals surface area contributed by atoms with Gasteiger partial charge in [0.1, 0.15) is 12.4 Å². The molecule has 0 aliphatic rings. The molecule has 0 fully saturated rings. The largest absolute Gasteiger partial charge is 0.384 e. The van der Waals surface area contributed by atoms with Crippen molar-refractivity contribution in [1.29, 1.82) is 0 Å². The molecule has 2 nitrogen and oxygen atoms in total. The molecular weight excluding hydrogens is 280 g/mol. The first kappa shape index (κ1) is 12.0. The van der Waals surface area contributed by atoms with Crippen LogP contribution in [0, 0.1) is 0 Å². The van der Waals surface area contributed by atoms with Crippen LogP contribution in [0.3, 0.4) is 0 Å². The average molecular weight is 291 g/mol. The summed E-state index contributed by atoms with van der Waals surface area (Å²) in [7, 11) is 0. The van der Waals surface area contributed by atoms with E-state index in [0.29, 0.717) is 11.1 Å². The molecule has 17 heavy (non-hydrogen) atoms. The molecule has 0 bridgehead atoms. The number of hydrogen-bond acceptors (Lipinski definition) is 2. The second-order valence-electron chi connectivity index (χ2n) is 3.75. The van der Waals surface area contributed by atoms with Crippen LogP contribution in [0.1, 0.15) is 27.6 Å². The van der Waals surface area contributed by atoms with Gasteiger partial charge in [0.2, 0.25) is 0 Å². The van der Waals surface area contributed by atoms with Crippen molar-refractivity contribution >= 4 is 22.2 Å². The summed E-state index contributed by atoms with van der Waals surface area (Å²) >= 11 is 3.32. The van der Waals surface area contributed by atoms with Crippen LogP contribution in [0.15, 0.2) is 53.0 Å². The smallest absolute Gasteiger partial charge is 0.150 e. The fourth-order valence-electron chi connectivity index (χ4n) is 1.69. The lowest BCUT2D eigenvalue weighted by Crippen LogP contribution is -2.00. The predicted molar refractivity (Wildman–Crippen MR) is 70.0 cm³/mol. The lowest BCUT2D eigenvalue weighted by atomic mass is 10.0. The maximum Gasteiger partial charge on any atom is 0.150 e. The Morgan fingerprint density at radius 2 is 1.76 bits per heavy atom. The Balaban J connectivity index is 2.40. The number of rotatable bonds is 3. The molecule has 1 atom stereocenters. The Kier molecular flexibility index (Phi) is 3.71. The minimum absolute atomic E-state index is 0.546. The van der Waals surface area contributed by atoms with E-state index in [-0.39, 0.29) is 0 Å². The maximum atomic E-state index is 10.8. The van der Waals surface area contributed by atoms with Gasteiger partial charge in [0.15, 0.2) is 0 Å². The van der Waals surface area contributed by atoms with Crippen LogP contribution in [-0.4, -0.2) is 11.4 Å². The summed E-state index contributed by atoms with van der Waals surface area (Å²) in [5.74, 6) is 0. The summed E-state index contributed by atoms with van der Waals surface area (Å²) in [6, 6.07) is 14.6. The minimum Gasteiger partial charge on any atom is -0.384 e. The monoisotopic (exact) mass is 290 g/mol. The van der Waals surface area contributed by atoms with Crippen LogP contribution in [0.4, 0.5) is 0 Å². The van der Waals surface area contributed by atoms with Crippen molar-refractivity contribution in [3.63, 3.8) is 0 Å². The SMILES string of the molecule is O=Cc1cc(Br)cc(C(O)c2ccccc2)c1. The maximum absolute atomic E-state index is 10.8. The molecule has 0 spiro atoms. The van der Waals surface area contributed by atoms with E-state index in [0.717, 1.165) is 16.3 Å². The first-order chi connectivity index (χ1) is 8.20. The van der Waals surface area contributed by atoms with Gasteiger partial charge in [0, 0.05) is 10.0 Å². The molecule has 2 aromatic rings. The molecule has 2 aromatic carbocycles. The Morgan fingerprint density at radius 3 is 2.41 bits per heavy atom. The molecule has 0 heterocycles. The first-order valence-electron chi connectivity index (χ1n) is 5.19. The Morgan fingerprint density at radius 1 is 1.06 bits per heavy atom. The summed E-state index contributed by atoms with van der Waals surface area (Å²) in [5.41, 5.74) is 2.06. The molecule has 0 aliphatic heterocycles. The van der Waals surface area contributed by atoms with Crippen molar-refractivity contribution in [3.8, 4) is 0 Å². The van der Waals surface area contributed by atoms with Gasteiger partial charge in [0.25, 0.3) is 0 Å². The molecule has 1 N–H and O–H groups in total. The number of aliphatic hydroxyl groups is 1. The van der Waals surface area contributed by atoms with E-state index < -0.39 is 6.10 Å². The molecular formula is C14H11BrO2. The van der Waals surface area contributed by atoms with Gasteiger partial charge in [-0.25, -0.2) is 0 Å². The Hall–Kier alpha value is -1.45. The van der Waals surface area contributed by atoms with Gasteiger partial charge in [-0.1, -0.05) is 46.3 Å². The van der Waals surface area contributed by atoms with E-state index in [2.05, 4.69) is 15.9 Å². The lowest BCUT2D eigenvalue weighted by Gasteiger charge is -2.12. The normalized spacial score (nSPS) is 12.1. The number of carbonyl (C=O) groups is 1. The molecule has 1 unspecified atom stereocenters. The van der Waals surface area contributed by atoms with Crippen LogP contribution in [0.2, 0.25) is 0 Å². The van der Waals surface area contributed by atoms with Crippen LogP contribution in [0.5, 0.6) is 0 Å². The second kappa shape index (κ2) is 5.25. The van der Waals surface area contributed by atoms with Crippen molar-refractivity contribution < 1.29 is 9.90 Å². The van der Waals surface area contributed by atoms with Gasteiger partial charge in [0.05, 0.1) is 0 Å². The highest BCUT2D eigenvalue weighted by Gasteiger charge is 2.11. The van der Waals surface area contributed by atoms with Crippen LogP contribution >= 0.6 is 15.9 Å². The summed E-state index contributed by atoms with van der Waals surface area (Å²) in [6.07, 6.45) is 0.0544. The van der Waals surface area contributed by atoms with E-state index in [1.165, 1.54) is 0 Å². The second-order valence-corrected chi connectivity index (χ2v) is 4.66. The number of aldehydes is 1. The molecule has 0 saturated heterocycles. The van der Waals surface area contributed by atoms with E-state index in [1.807, 2.05) is 36.4 Å². The van der Waals surface area contributed by atoms with Gasteiger partial charge in [-0.2, -0.15) is 0 Å². The van der Waals surface area contributed by atoms with Gasteiger partial charge in [-0.05, 0) is 29.3 Å². The zero-order valence-corrected chi connectivity index (χ0v) is 10.6. The first-order valence-corrected chi connectivity index (χ1v) is 5.98. The predicted octanol–water partition coefficient (Wildman–Crippen LogP) is 3.34. The van der Waals surface area contributed by atoms with Crippen molar-refractivity contribution in [2.45, 2.75) is 6.10 Å². The van der Waals surface area contributed by atoms with Crippen molar-refractivity contribution in [2.24, 2.45) is 0 Å². The zero-order chi connectivity index (χ0) is 12.3. The van der Waals surface area contributed by atoms with E-state index in [1.54, 1.807) is 12.1 Å². The quantitative estimate of drug-likeness (QED) is 0.881. The zero-order valence-electron chi connectivity index (χ0n) is 9.01. The van der Waals surface area contributed by atoms with E-state index >= 15 is 0 Å². The molecule has 86 valence electrons. The lowest BCUT2D eigenvalue weighted by molar-refractivity contribution is 0.112. The molecule has 0 aromatic heterocycles. The van der Waals surface area contributed by atoms with Gasteiger partial charge < -0.3 is 5.11 Å². The number of hydrogen-bond donors (Lipinski definition) is 1. The number of halogens is 1. The fraction of sp³-hybridized carbons (Fsp3) is 0.0714. The molecule has 0 saturated carbocycles. The highest BCUT2D eigenvalue weighted by atomic mass is 79.9. The third-order valence-electron chi connectivity index (χ3n) is 2.51. The number of carbonyl (C=O) groups excluding carboxylic acids is 1. The molecule has 0 amide bonds. The fourth-order valence-corrected chi connectivity index (χ4v) is 2.22. The van der Waals surface area contributed by atoms with Crippen molar-refractivity contribution in [2.75, 3.05) is 0 Å². The number of aliphatic hydroxyl groups excluding tert-OH is 1. The van der Waals surface area contributed by atoms with E-state index in [4.69, 9.17) is 0 Å². The third-order valence-corrected chi connectivity index (χ3v) is 2.97. The van der Waals surface area contributed by atoms with Gasteiger partial charge in [-0.15, -0.1) is 0 Å². The third kappa shape index (κ3) is 2.81. The van der Waals surface area contributed by atoms with Crippen molar-refractivity contribution in [1.82, 2.24) is 0 Å². The summed E-state index contributed by atoms with van der Waals surface area (Å²) in [4.78, 5) is 10.8. The van der Waals surface area contributed by atoms with Crippen LogP contribution < -0.4 is 0 Å². The van der Waals surface area contributed by atoms with E-state index in [9.17, 15) is 9.90 Å². The summed E-state index contributed by atoms with van der Waals surface area (Å²) < 4.78 is 0.784. The number of benzene rings is 2. The molecule has 3 heteroatoms. The van der Waals surface area contributed by atoms with Crippen molar-refractivity contribution in [3.05, 3.63) is 69.7 Å². The summed E-state index contributed by atoms with van der Waals surface area (Å²) in [6.45, 7) is 0. The minimum atomic E-state index is -0.715. The molecule has 2 rings (SSSR count).